The standard InChI is InChI=1S/C15H17BFNO4/c1-14(2)15(3,4)22-16(21-14)11-8-18(13(19)20)12-7-9(17)5-6-10(11)12/h5-8H,1-4H3,(H,19,20). The van der Waals surface area contributed by atoms with Gasteiger partial charge in [-0.3, -0.25) is 4.57 Å². The van der Waals surface area contributed by atoms with E-state index in [1.165, 1.54) is 18.3 Å². The molecule has 0 unspecified atom stereocenters. The fourth-order valence-electron chi connectivity index (χ4n) is 2.54. The van der Waals surface area contributed by atoms with Crippen LogP contribution in [0.3, 0.4) is 0 Å². The molecule has 0 aliphatic carbocycles. The first-order valence-corrected chi connectivity index (χ1v) is 7.02. The molecule has 116 valence electrons. The summed E-state index contributed by atoms with van der Waals surface area (Å²) < 4.78 is 26.3. The summed E-state index contributed by atoms with van der Waals surface area (Å²) in [5, 5.41) is 9.89. The Labute approximate surface area is 127 Å². The highest BCUT2D eigenvalue weighted by Crippen LogP contribution is 2.37. The van der Waals surface area contributed by atoms with Crippen LogP contribution in [-0.2, 0) is 9.31 Å². The number of benzene rings is 1. The zero-order valence-corrected chi connectivity index (χ0v) is 12.9. The van der Waals surface area contributed by atoms with Crippen LogP contribution in [0.4, 0.5) is 9.18 Å². The molecule has 1 saturated heterocycles. The number of rotatable bonds is 1. The molecule has 0 saturated carbocycles. The maximum Gasteiger partial charge on any atom is 0.497 e. The number of fused-ring (bicyclic) bond motifs is 1. The molecular formula is C15H17BFNO4. The highest BCUT2D eigenvalue weighted by Gasteiger charge is 2.52. The van der Waals surface area contributed by atoms with Gasteiger partial charge in [-0.25, -0.2) is 9.18 Å². The average molecular weight is 305 g/mol. The van der Waals surface area contributed by atoms with Gasteiger partial charge in [-0.2, -0.15) is 0 Å². The molecule has 1 aliphatic rings. The van der Waals surface area contributed by atoms with E-state index in [1.54, 1.807) is 6.07 Å². The summed E-state index contributed by atoms with van der Waals surface area (Å²) in [4.78, 5) is 11.4. The molecule has 0 bridgehead atoms. The molecule has 0 amide bonds. The third kappa shape index (κ3) is 2.12. The Balaban J connectivity index is 2.15. The molecule has 0 atom stereocenters. The number of carbonyl (C=O) groups is 1. The van der Waals surface area contributed by atoms with Crippen LogP contribution in [0.25, 0.3) is 10.9 Å². The monoisotopic (exact) mass is 305 g/mol. The van der Waals surface area contributed by atoms with Crippen LogP contribution >= 0.6 is 0 Å². The SMILES string of the molecule is CC1(C)OB(c2cn(C(=O)O)c3cc(F)ccc23)OC1(C)C. The fraction of sp³-hybridized carbons (Fsp3) is 0.400. The molecule has 1 N–H and O–H groups in total. The second-order valence-corrected chi connectivity index (χ2v) is 6.49. The van der Waals surface area contributed by atoms with Crippen molar-refractivity contribution in [2.24, 2.45) is 0 Å². The average Bonchev–Trinajstić information content (AvgIpc) is 2.84. The van der Waals surface area contributed by atoms with Crippen LogP contribution in [-0.4, -0.2) is 34.1 Å². The number of hydrogen-bond donors (Lipinski definition) is 1. The maximum atomic E-state index is 13.4. The third-order valence-corrected chi connectivity index (χ3v) is 4.51. The van der Waals surface area contributed by atoms with E-state index in [-0.39, 0.29) is 5.52 Å². The van der Waals surface area contributed by atoms with Gasteiger partial charge in [-0.15, -0.1) is 0 Å². The summed E-state index contributed by atoms with van der Waals surface area (Å²) in [5.41, 5.74) is -0.210. The number of carboxylic acid groups (broad SMARTS) is 1. The van der Waals surface area contributed by atoms with Gasteiger partial charge in [0.05, 0.1) is 16.7 Å². The van der Waals surface area contributed by atoms with E-state index in [1.807, 2.05) is 27.7 Å². The van der Waals surface area contributed by atoms with Gasteiger partial charge in [0.15, 0.2) is 0 Å². The first kappa shape index (κ1) is 15.1. The second-order valence-electron chi connectivity index (χ2n) is 6.49. The lowest BCUT2D eigenvalue weighted by Gasteiger charge is -2.32. The van der Waals surface area contributed by atoms with Gasteiger partial charge in [0, 0.05) is 17.0 Å². The van der Waals surface area contributed by atoms with Gasteiger partial charge in [-0.05, 0) is 39.8 Å². The predicted octanol–water partition coefficient (Wildman–Crippen LogP) is 2.61. The summed E-state index contributed by atoms with van der Waals surface area (Å²) in [7, 11) is -0.696. The number of hydrogen-bond acceptors (Lipinski definition) is 3. The van der Waals surface area contributed by atoms with Crippen molar-refractivity contribution in [3.8, 4) is 0 Å². The van der Waals surface area contributed by atoms with Crippen molar-refractivity contribution in [2.75, 3.05) is 0 Å². The highest BCUT2D eigenvalue weighted by atomic mass is 19.1. The van der Waals surface area contributed by atoms with E-state index in [9.17, 15) is 14.3 Å². The Morgan fingerprint density at radius 2 is 1.82 bits per heavy atom. The van der Waals surface area contributed by atoms with Crippen molar-refractivity contribution in [2.45, 2.75) is 38.9 Å². The fourth-order valence-corrected chi connectivity index (χ4v) is 2.54. The van der Waals surface area contributed by atoms with Crippen molar-refractivity contribution in [3.63, 3.8) is 0 Å². The van der Waals surface area contributed by atoms with Gasteiger partial charge in [-0.1, -0.05) is 6.07 Å². The molecule has 0 spiro atoms. The van der Waals surface area contributed by atoms with Crippen molar-refractivity contribution in [1.29, 1.82) is 0 Å². The topological polar surface area (TPSA) is 60.7 Å². The summed E-state index contributed by atoms with van der Waals surface area (Å²) in [5.74, 6) is -0.492. The molecule has 1 aromatic carbocycles. The van der Waals surface area contributed by atoms with Gasteiger partial charge in [0.1, 0.15) is 5.82 Å². The Morgan fingerprint density at radius 3 is 2.36 bits per heavy atom. The minimum Gasteiger partial charge on any atom is -0.464 e. The lowest BCUT2D eigenvalue weighted by molar-refractivity contribution is 0.00578. The van der Waals surface area contributed by atoms with E-state index in [0.717, 1.165) is 4.57 Å². The van der Waals surface area contributed by atoms with E-state index in [2.05, 4.69) is 0 Å². The van der Waals surface area contributed by atoms with Gasteiger partial charge < -0.3 is 14.4 Å². The third-order valence-electron chi connectivity index (χ3n) is 4.51. The zero-order valence-electron chi connectivity index (χ0n) is 12.9. The van der Waals surface area contributed by atoms with Gasteiger partial charge in [0.2, 0.25) is 0 Å². The minimum absolute atomic E-state index is 0.275. The lowest BCUT2D eigenvalue weighted by Crippen LogP contribution is -2.41. The normalized spacial score (nSPS) is 19.8. The number of aromatic nitrogens is 1. The zero-order chi connectivity index (χ0) is 16.3. The Kier molecular flexibility index (Phi) is 3.13. The number of halogens is 1. The molecule has 2 heterocycles. The first-order valence-electron chi connectivity index (χ1n) is 7.02. The second kappa shape index (κ2) is 4.57. The summed E-state index contributed by atoms with van der Waals surface area (Å²) >= 11 is 0. The van der Waals surface area contributed by atoms with Gasteiger partial charge >= 0.3 is 13.2 Å². The Morgan fingerprint density at radius 1 is 1.23 bits per heavy atom. The molecule has 22 heavy (non-hydrogen) atoms. The van der Waals surface area contributed by atoms with Crippen LogP contribution in [0, 0.1) is 5.82 Å². The largest absolute Gasteiger partial charge is 0.497 e. The minimum atomic E-state index is -1.18. The van der Waals surface area contributed by atoms with Crippen LogP contribution in [0.2, 0.25) is 0 Å². The van der Waals surface area contributed by atoms with E-state index >= 15 is 0 Å². The molecule has 1 fully saturated rings. The van der Waals surface area contributed by atoms with Crippen molar-refractivity contribution in [3.05, 3.63) is 30.2 Å². The van der Waals surface area contributed by atoms with E-state index in [4.69, 9.17) is 9.31 Å². The molecule has 1 aliphatic heterocycles. The van der Waals surface area contributed by atoms with E-state index < -0.39 is 30.2 Å². The van der Waals surface area contributed by atoms with Crippen molar-refractivity contribution >= 4 is 29.6 Å². The Hall–Kier alpha value is -1.86. The molecule has 2 aromatic rings. The maximum absolute atomic E-state index is 13.4. The molecular weight excluding hydrogens is 288 g/mol. The lowest BCUT2D eigenvalue weighted by atomic mass is 9.79. The number of nitrogens with zero attached hydrogens (tertiary/aromatic N) is 1. The molecule has 1 aromatic heterocycles. The van der Waals surface area contributed by atoms with Gasteiger partial charge in [0.25, 0.3) is 0 Å². The van der Waals surface area contributed by atoms with Crippen molar-refractivity contribution in [1.82, 2.24) is 4.57 Å². The van der Waals surface area contributed by atoms with Crippen LogP contribution in [0.5, 0.6) is 0 Å². The van der Waals surface area contributed by atoms with E-state index in [0.29, 0.717) is 10.8 Å². The van der Waals surface area contributed by atoms with Crippen LogP contribution in [0.15, 0.2) is 24.4 Å². The molecule has 3 rings (SSSR count). The van der Waals surface area contributed by atoms with Crippen LogP contribution in [0.1, 0.15) is 27.7 Å². The summed E-state index contributed by atoms with van der Waals surface area (Å²) in [6, 6.07) is 4.03. The first-order chi connectivity index (χ1) is 10.1. The quantitative estimate of drug-likeness (QED) is 0.823. The van der Waals surface area contributed by atoms with Crippen LogP contribution < -0.4 is 5.46 Å². The summed E-state index contributed by atoms with van der Waals surface area (Å²) in [6.07, 6.45) is 0.243. The molecule has 5 nitrogen and oxygen atoms in total. The molecule has 7 heteroatoms. The van der Waals surface area contributed by atoms with Crippen molar-refractivity contribution < 1.29 is 23.6 Å². The molecule has 0 radical (unpaired) electrons. The Bertz CT molecular complexity index is 752. The summed E-state index contributed by atoms with van der Waals surface area (Å²) in [6.45, 7) is 7.68. The predicted molar refractivity (Wildman–Crippen MR) is 81.0 cm³/mol. The smallest absolute Gasteiger partial charge is 0.464 e. The highest BCUT2D eigenvalue weighted by molar-refractivity contribution is 6.65.